The van der Waals surface area contributed by atoms with E-state index in [-0.39, 0.29) is 10.7 Å². The van der Waals surface area contributed by atoms with Crippen LogP contribution in [0.5, 0.6) is 0 Å². The zero-order valence-electron chi connectivity index (χ0n) is 30.1. The maximum Gasteiger partial charge on any atom is 0.258 e. The molecular formula is C40H42Cl2N6O4. The van der Waals surface area contributed by atoms with Gasteiger partial charge in [-0.1, -0.05) is 75.2 Å². The van der Waals surface area contributed by atoms with E-state index in [9.17, 15) is 19.2 Å². The Labute approximate surface area is 314 Å². The van der Waals surface area contributed by atoms with Crippen LogP contribution in [0.25, 0.3) is 11.1 Å². The second-order valence-corrected chi connectivity index (χ2v) is 13.1. The minimum atomic E-state index is -1.36. The van der Waals surface area contributed by atoms with Gasteiger partial charge < -0.3 is 10.6 Å². The predicted molar refractivity (Wildman–Crippen MR) is 208 cm³/mol. The molecule has 2 atom stereocenters. The number of anilines is 2. The molecule has 2 amide bonds. The number of carbonyl (C=O) groups is 4. The van der Waals surface area contributed by atoms with Crippen LogP contribution in [0, 0.1) is 0 Å². The number of aryl methyl sites for hydroxylation is 4. The summed E-state index contributed by atoms with van der Waals surface area (Å²) in [6, 6.07) is 18.9. The first-order valence-electron chi connectivity index (χ1n) is 17.1. The number of halogens is 2. The number of ketones is 2. The fourth-order valence-electron chi connectivity index (χ4n) is 5.34. The number of azo groups is 2. The van der Waals surface area contributed by atoms with Crippen molar-refractivity contribution in [1.82, 2.24) is 0 Å². The second-order valence-electron chi connectivity index (χ2n) is 12.3. The Morgan fingerprint density at radius 2 is 1.04 bits per heavy atom. The van der Waals surface area contributed by atoms with E-state index >= 15 is 0 Å². The van der Waals surface area contributed by atoms with Crippen molar-refractivity contribution in [3.8, 4) is 11.1 Å². The first-order valence-corrected chi connectivity index (χ1v) is 17.9. The number of Topliss-reactive ketones (excluding diaryl/α,β-unsaturated/α-hetero) is 2. The Kier molecular flexibility index (Phi) is 14.1. The van der Waals surface area contributed by atoms with Gasteiger partial charge >= 0.3 is 0 Å². The number of hydrogen-bond acceptors (Lipinski definition) is 8. The van der Waals surface area contributed by atoms with E-state index in [4.69, 9.17) is 23.2 Å². The van der Waals surface area contributed by atoms with Crippen LogP contribution >= 0.6 is 23.2 Å². The Morgan fingerprint density at radius 3 is 1.44 bits per heavy atom. The van der Waals surface area contributed by atoms with Crippen molar-refractivity contribution in [3.05, 3.63) is 105 Å². The van der Waals surface area contributed by atoms with E-state index < -0.39 is 35.5 Å². The molecule has 10 nitrogen and oxygen atoms in total. The predicted octanol–water partition coefficient (Wildman–Crippen LogP) is 10.3. The fraction of sp³-hybridized carbons (Fsp3) is 0.300. The van der Waals surface area contributed by atoms with Crippen LogP contribution in [-0.2, 0) is 44.9 Å². The summed E-state index contributed by atoms with van der Waals surface area (Å²) in [5.41, 5.74) is 7.36. The first kappa shape index (κ1) is 39.7. The molecule has 0 aliphatic carbocycles. The zero-order chi connectivity index (χ0) is 37.9. The summed E-state index contributed by atoms with van der Waals surface area (Å²) in [5.74, 6) is -2.10. The zero-order valence-corrected chi connectivity index (χ0v) is 31.6. The van der Waals surface area contributed by atoms with Gasteiger partial charge in [0.1, 0.15) is 5.69 Å². The molecule has 0 bridgehead atoms. The lowest BCUT2D eigenvalue weighted by molar-refractivity contribution is -0.127. The van der Waals surface area contributed by atoms with Crippen LogP contribution in [0.3, 0.4) is 0 Å². The third kappa shape index (κ3) is 10.5. The van der Waals surface area contributed by atoms with Gasteiger partial charge in [-0.15, -0.1) is 0 Å². The Balaban J connectivity index is 1.47. The third-order valence-corrected chi connectivity index (χ3v) is 8.94. The lowest BCUT2D eigenvalue weighted by atomic mass is 10.0. The molecule has 0 aromatic heterocycles. The largest absolute Gasteiger partial charge is 0.324 e. The van der Waals surface area contributed by atoms with E-state index in [1.54, 1.807) is 36.4 Å². The topological polar surface area (TPSA) is 142 Å². The van der Waals surface area contributed by atoms with Crippen molar-refractivity contribution >= 4 is 69.3 Å². The highest BCUT2D eigenvalue weighted by Gasteiger charge is 2.25. The van der Waals surface area contributed by atoms with Gasteiger partial charge in [0.25, 0.3) is 11.8 Å². The summed E-state index contributed by atoms with van der Waals surface area (Å²) in [6.07, 6.45) is 3.22. The van der Waals surface area contributed by atoms with Crippen LogP contribution in [-0.4, -0.2) is 35.5 Å². The van der Waals surface area contributed by atoms with E-state index in [1.165, 1.54) is 13.8 Å². The molecule has 4 aromatic rings. The lowest BCUT2D eigenvalue weighted by Gasteiger charge is -2.12. The molecule has 0 saturated heterocycles. The molecule has 0 heterocycles. The van der Waals surface area contributed by atoms with Crippen LogP contribution in [0.15, 0.2) is 93.3 Å². The number of carbonyl (C=O) groups excluding carboxylic acids is 4. The van der Waals surface area contributed by atoms with Gasteiger partial charge in [-0.2, -0.15) is 20.5 Å². The highest BCUT2D eigenvalue weighted by atomic mass is 35.5. The van der Waals surface area contributed by atoms with Crippen LogP contribution in [0.4, 0.5) is 22.7 Å². The molecule has 270 valence electrons. The summed E-state index contributed by atoms with van der Waals surface area (Å²) >= 11 is 13.2. The summed E-state index contributed by atoms with van der Waals surface area (Å²) in [7, 11) is 0. The van der Waals surface area contributed by atoms with E-state index in [1.807, 2.05) is 52.0 Å². The Morgan fingerprint density at radius 1 is 0.577 bits per heavy atom. The van der Waals surface area contributed by atoms with Crippen LogP contribution in [0.1, 0.15) is 63.8 Å². The number of amides is 2. The summed E-state index contributed by atoms with van der Waals surface area (Å²) in [5, 5.41) is 22.5. The van der Waals surface area contributed by atoms with Gasteiger partial charge in [-0.25, -0.2) is 0 Å². The molecule has 4 aromatic carbocycles. The molecule has 52 heavy (non-hydrogen) atoms. The molecule has 0 saturated carbocycles. The van der Waals surface area contributed by atoms with Crippen LogP contribution in [0.2, 0.25) is 10.0 Å². The quantitative estimate of drug-likeness (QED) is 0.0924. The number of rotatable bonds is 15. The molecule has 0 fully saturated rings. The van der Waals surface area contributed by atoms with Gasteiger partial charge in [0.15, 0.2) is 11.6 Å². The van der Waals surface area contributed by atoms with E-state index in [2.05, 4.69) is 43.2 Å². The molecule has 2 unspecified atom stereocenters. The molecule has 0 aliphatic heterocycles. The maximum atomic E-state index is 13.0. The fourth-order valence-corrected chi connectivity index (χ4v) is 5.85. The highest BCUT2D eigenvalue weighted by molar-refractivity contribution is 6.34. The standard InChI is InChI=1S/C40H42Cl2N6O4/c1-7-25-15-26(8-2)18-31(17-25)43-39(51)37(23(5)49)47-45-30-12-13-33(34(41)22-30)29-11-14-36(35(42)21-29)46-48-38(24(6)50)40(52)44-32-19-27(9-3)16-28(10-4)20-32/h11-22,37-38H,7-10H2,1-6H3,(H,43,51)(H,44,52). The Bertz CT molecular complexity index is 2000. The molecule has 2 N–H and O–H groups in total. The van der Waals surface area contributed by atoms with Gasteiger partial charge in [-0.05, 0) is 116 Å². The van der Waals surface area contributed by atoms with E-state index in [0.717, 1.165) is 47.9 Å². The minimum Gasteiger partial charge on any atom is -0.324 e. The van der Waals surface area contributed by atoms with Crippen molar-refractivity contribution in [2.75, 3.05) is 10.6 Å². The normalized spacial score (nSPS) is 12.5. The molecular weight excluding hydrogens is 699 g/mol. The van der Waals surface area contributed by atoms with Gasteiger partial charge in [-0.3, -0.25) is 19.2 Å². The number of benzene rings is 4. The van der Waals surface area contributed by atoms with Gasteiger partial charge in [0.2, 0.25) is 12.1 Å². The monoisotopic (exact) mass is 740 g/mol. The average Bonchev–Trinajstić information content (AvgIpc) is 3.11. The van der Waals surface area contributed by atoms with Gasteiger partial charge in [0.05, 0.1) is 15.7 Å². The molecule has 12 heteroatoms. The molecule has 4 rings (SSSR count). The summed E-state index contributed by atoms with van der Waals surface area (Å²) < 4.78 is 0. The molecule has 0 spiro atoms. The smallest absolute Gasteiger partial charge is 0.258 e. The maximum absolute atomic E-state index is 13.0. The van der Waals surface area contributed by atoms with Crippen molar-refractivity contribution in [1.29, 1.82) is 0 Å². The first-order chi connectivity index (χ1) is 24.8. The number of nitrogens with one attached hydrogen (secondary N) is 2. The second kappa shape index (κ2) is 18.4. The molecule has 0 radical (unpaired) electrons. The average molecular weight is 742 g/mol. The van der Waals surface area contributed by atoms with Crippen molar-refractivity contribution in [2.45, 2.75) is 79.3 Å². The van der Waals surface area contributed by atoms with Crippen molar-refractivity contribution in [2.24, 2.45) is 20.5 Å². The third-order valence-electron chi connectivity index (χ3n) is 8.32. The summed E-state index contributed by atoms with van der Waals surface area (Å²) in [6.45, 7) is 10.7. The number of nitrogens with zero attached hydrogens (tertiary/aromatic N) is 4. The van der Waals surface area contributed by atoms with Crippen molar-refractivity contribution < 1.29 is 19.2 Å². The summed E-state index contributed by atoms with van der Waals surface area (Å²) in [4.78, 5) is 50.8. The highest BCUT2D eigenvalue weighted by Crippen LogP contribution is 2.36. The van der Waals surface area contributed by atoms with Crippen LogP contribution < -0.4 is 10.6 Å². The Hall–Kier alpha value is -5.06. The van der Waals surface area contributed by atoms with Gasteiger partial charge in [0, 0.05) is 16.9 Å². The number of hydrogen-bond donors (Lipinski definition) is 2. The lowest BCUT2D eigenvalue weighted by Crippen LogP contribution is -2.31. The molecule has 0 aliphatic rings. The SMILES string of the molecule is CCc1cc(CC)cc(NC(=O)C(N=Nc2ccc(-c3ccc(N=NC(C(C)=O)C(=O)Nc4cc(CC)cc(CC)c4)c(Cl)c3)c(Cl)c2)C(C)=O)c1. The van der Waals surface area contributed by atoms with Crippen molar-refractivity contribution in [3.63, 3.8) is 0 Å². The van der Waals surface area contributed by atoms with E-state index in [0.29, 0.717) is 33.2 Å². The minimum absolute atomic E-state index is 0.220.